The number of aromatic nitrogens is 1. The number of aryl methyl sites for hydroxylation is 1. The summed E-state index contributed by atoms with van der Waals surface area (Å²) >= 11 is 0. The summed E-state index contributed by atoms with van der Waals surface area (Å²) in [6, 6.07) is 3.67. The Balaban J connectivity index is 0.00000200. The van der Waals surface area contributed by atoms with Crippen LogP contribution in [0.2, 0.25) is 0 Å². The Bertz CT molecular complexity index is 508. The van der Waals surface area contributed by atoms with Gasteiger partial charge >= 0.3 is 0 Å². The van der Waals surface area contributed by atoms with E-state index < -0.39 is 0 Å². The maximum absolute atomic E-state index is 12.0. The first-order valence-electron chi connectivity index (χ1n) is 6.92. The number of hydrogen-bond acceptors (Lipinski definition) is 2. The van der Waals surface area contributed by atoms with Gasteiger partial charge in [-0.3, -0.25) is 4.79 Å². The van der Waals surface area contributed by atoms with Crippen LogP contribution >= 0.6 is 24.0 Å². The van der Waals surface area contributed by atoms with Crippen molar-refractivity contribution in [1.82, 2.24) is 9.88 Å². The average Bonchev–Trinajstić information content (AvgIpc) is 2.36. The zero-order valence-electron chi connectivity index (χ0n) is 11.8. The molecule has 0 atom stereocenters. The van der Waals surface area contributed by atoms with Gasteiger partial charge in [0.15, 0.2) is 5.96 Å². The Labute approximate surface area is 136 Å². The number of guanidine groups is 1. The van der Waals surface area contributed by atoms with Gasteiger partial charge in [-0.1, -0.05) is 12.5 Å². The molecular formula is C14H23IN4O. The van der Waals surface area contributed by atoms with E-state index in [0.29, 0.717) is 24.6 Å². The minimum Gasteiger partial charge on any atom is -0.370 e. The topological polar surface area (TPSA) is 72.4 Å². The molecule has 0 radical (unpaired) electrons. The number of nitrogens with zero attached hydrogens (tertiary/aromatic N) is 2. The van der Waals surface area contributed by atoms with Gasteiger partial charge in [-0.2, -0.15) is 0 Å². The molecule has 0 bridgehead atoms. The predicted molar refractivity (Wildman–Crippen MR) is 92.5 cm³/mol. The van der Waals surface area contributed by atoms with Crippen molar-refractivity contribution in [2.75, 3.05) is 6.54 Å². The smallest absolute Gasteiger partial charge is 0.255 e. The molecule has 5 nitrogen and oxygen atoms in total. The lowest BCUT2D eigenvalue weighted by atomic mass is 9.85. The van der Waals surface area contributed by atoms with Crippen molar-refractivity contribution in [2.24, 2.45) is 16.6 Å². The number of pyridine rings is 1. The van der Waals surface area contributed by atoms with Crippen LogP contribution in [0.1, 0.15) is 31.7 Å². The molecule has 0 aliphatic heterocycles. The minimum absolute atomic E-state index is 0. The summed E-state index contributed by atoms with van der Waals surface area (Å²) < 4.78 is 1.67. The number of nitrogens with one attached hydrogen (secondary N) is 1. The molecule has 1 saturated carbocycles. The molecule has 3 N–H and O–H groups in total. The molecule has 20 heavy (non-hydrogen) atoms. The van der Waals surface area contributed by atoms with Crippen LogP contribution in [0.5, 0.6) is 0 Å². The van der Waals surface area contributed by atoms with Crippen molar-refractivity contribution < 1.29 is 0 Å². The number of aliphatic imine (C=N–C) groups is 1. The van der Waals surface area contributed by atoms with Crippen molar-refractivity contribution in [3.8, 4) is 0 Å². The zero-order valence-corrected chi connectivity index (χ0v) is 14.2. The summed E-state index contributed by atoms with van der Waals surface area (Å²) in [7, 11) is 0. The van der Waals surface area contributed by atoms with E-state index >= 15 is 0 Å². The van der Waals surface area contributed by atoms with E-state index in [1.165, 1.54) is 19.3 Å². The van der Waals surface area contributed by atoms with E-state index in [2.05, 4.69) is 10.3 Å². The predicted octanol–water partition coefficient (Wildman–Crippen LogP) is 1.69. The Morgan fingerprint density at radius 2 is 2.30 bits per heavy atom. The second kappa shape index (κ2) is 8.28. The number of hydrogen-bond donors (Lipinski definition) is 2. The van der Waals surface area contributed by atoms with Crippen molar-refractivity contribution >= 4 is 29.9 Å². The minimum atomic E-state index is 0. The van der Waals surface area contributed by atoms with Gasteiger partial charge in [-0.15, -0.1) is 24.0 Å². The lowest BCUT2D eigenvalue weighted by Crippen LogP contribution is -2.37. The van der Waals surface area contributed by atoms with Gasteiger partial charge in [0.25, 0.3) is 5.56 Å². The van der Waals surface area contributed by atoms with Gasteiger partial charge in [0.05, 0.1) is 6.54 Å². The maximum Gasteiger partial charge on any atom is 0.255 e. The SMILES string of the molecule is CCn1cccc(CN=C(N)NCC2CCC2)c1=O.I. The summed E-state index contributed by atoms with van der Waals surface area (Å²) in [5, 5.41) is 3.12. The fourth-order valence-electron chi connectivity index (χ4n) is 2.13. The van der Waals surface area contributed by atoms with Crippen LogP contribution in [-0.4, -0.2) is 17.1 Å². The summed E-state index contributed by atoms with van der Waals surface area (Å²) in [4.78, 5) is 16.2. The number of halogens is 1. The van der Waals surface area contributed by atoms with Crippen LogP contribution < -0.4 is 16.6 Å². The van der Waals surface area contributed by atoms with Crippen molar-refractivity contribution in [3.63, 3.8) is 0 Å². The van der Waals surface area contributed by atoms with Crippen LogP contribution in [0.3, 0.4) is 0 Å². The van der Waals surface area contributed by atoms with Crippen LogP contribution in [0.15, 0.2) is 28.1 Å². The number of rotatable bonds is 5. The Kier molecular flexibility index (Phi) is 7.04. The van der Waals surface area contributed by atoms with Crippen LogP contribution in [0, 0.1) is 5.92 Å². The fraction of sp³-hybridized carbons (Fsp3) is 0.571. The van der Waals surface area contributed by atoms with E-state index in [1.54, 1.807) is 16.8 Å². The zero-order chi connectivity index (χ0) is 13.7. The molecule has 1 fully saturated rings. The van der Waals surface area contributed by atoms with Gasteiger partial charge in [-0.25, -0.2) is 4.99 Å². The summed E-state index contributed by atoms with van der Waals surface area (Å²) in [5.74, 6) is 1.17. The third-order valence-corrected chi connectivity index (χ3v) is 3.66. The van der Waals surface area contributed by atoms with Crippen LogP contribution in [0.4, 0.5) is 0 Å². The summed E-state index contributed by atoms with van der Waals surface area (Å²) in [6.07, 6.45) is 5.66. The highest BCUT2D eigenvalue weighted by Crippen LogP contribution is 2.24. The number of nitrogens with two attached hydrogens (primary N) is 1. The highest BCUT2D eigenvalue weighted by atomic mass is 127. The lowest BCUT2D eigenvalue weighted by molar-refractivity contribution is 0.315. The molecule has 0 saturated heterocycles. The Hall–Kier alpha value is -1.05. The van der Waals surface area contributed by atoms with Crippen molar-refractivity contribution in [1.29, 1.82) is 0 Å². The average molecular weight is 390 g/mol. The second-order valence-corrected chi connectivity index (χ2v) is 5.00. The molecule has 0 unspecified atom stereocenters. The second-order valence-electron chi connectivity index (χ2n) is 5.00. The first-order valence-corrected chi connectivity index (χ1v) is 6.92. The van der Waals surface area contributed by atoms with E-state index in [9.17, 15) is 4.79 Å². The largest absolute Gasteiger partial charge is 0.370 e. The molecule has 2 rings (SSSR count). The third kappa shape index (κ3) is 4.50. The lowest BCUT2D eigenvalue weighted by Gasteiger charge is -2.25. The van der Waals surface area contributed by atoms with Crippen molar-refractivity contribution in [2.45, 2.75) is 39.3 Å². The summed E-state index contributed by atoms with van der Waals surface area (Å²) in [6.45, 7) is 3.85. The fourth-order valence-corrected chi connectivity index (χ4v) is 2.13. The monoisotopic (exact) mass is 390 g/mol. The highest BCUT2D eigenvalue weighted by molar-refractivity contribution is 14.0. The molecular weight excluding hydrogens is 367 g/mol. The van der Waals surface area contributed by atoms with Crippen LogP contribution in [-0.2, 0) is 13.1 Å². The Morgan fingerprint density at radius 3 is 2.90 bits per heavy atom. The maximum atomic E-state index is 12.0. The third-order valence-electron chi connectivity index (χ3n) is 3.66. The molecule has 1 aliphatic rings. The highest BCUT2D eigenvalue weighted by Gasteiger charge is 2.16. The molecule has 1 heterocycles. The molecule has 6 heteroatoms. The molecule has 0 aromatic carbocycles. The van der Waals surface area contributed by atoms with Gasteiger partial charge in [0.1, 0.15) is 0 Å². The Morgan fingerprint density at radius 1 is 1.55 bits per heavy atom. The molecule has 1 aromatic rings. The van der Waals surface area contributed by atoms with Crippen LogP contribution in [0.25, 0.3) is 0 Å². The van der Waals surface area contributed by atoms with Gasteiger partial charge in [-0.05, 0) is 31.7 Å². The van der Waals surface area contributed by atoms with Gasteiger partial charge in [0.2, 0.25) is 0 Å². The van der Waals surface area contributed by atoms with E-state index in [1.807, 2.05) is 13.0 Å². The molecule has 1 aromatic heterocycles. The molecule has 1 aliphatic carbocycles. The molecule has 0 amide bonds. The standard InChI is InChI=1S/C14H22N4O.HI/c1-2-18-8-4-7-12(13(18)19)10-17-14(15)16-9-11-5-3-6-11;/h4,7-8,11H,2-3,5-6,9-10H2,1H3,(H3,15,16,17);1H. The quantitative estimate of drug-likeness (QED) is 0.457. The van der Waals surface area contributed by atoms with E-state index in [4.69, 9.17) is 5.73 Å². The molecule has 112 valence electrons. The molecule has 0 spiro atoms. The first kappa shape index (κ1) is 17.0. The van der Waals surface area contributed by atoms with E-state index in [-0.39, 0.29) is 29.5 Å². The summed E-state index contributed by atoms with van der Waals surface area (Å²) in [5.41, 5.74) is 6.49. The van der Waals surface area contributed by atoms with Crippen molar-refractivity contribution in [3.05, 3.63) is 34.2 Å². The van der Waals surface area contributed by atoms with E-state index in [0.717, 1.165) is 12.5 Å². The van der Waals surface area contributed by atoms with Gasteiger partial charge in [0, 0.05) is 24.8 Å². The normalized spacial score (nSPS) is 15.3. The van der Waals surface area contributed by atoms with Gasteiger partial charge < -0.3 is 15.6 Å². The first-order chi connectivity index (χ1) is 9.20.